The highest BCUT2D eigenvalue weighted by molar-refractivity contribution is 6.15. The molecule has 9 heteroatoms. The van der Waals surface area contributed by atoms with Crippen molar-refractivity contribution in [1.82, 2.24) is 0 Å². The summed E-state index contributed by atoms with van der Waals surface area (Å²) in [6.45, 7) is 2.76. The Hall–Kier alpha value is -2.71. The number of rotatable bonds is 3. The van der Waals surface area contributed by atoms with Crippen molar-refractivity contribution in [3.8, 4) is 5.75 Å². The van der Waals surface area contributed by atoms with Crippen LogP contribution in [0, 0.1) is 0 Å². The highest BCUT2D eigenvalue weighted by atomic mass is 19.4. The molecule has 0 bridgehead atoms. The zero-order valence-corrected chi connectivity index (χ0v) is 13.0. The van der Waals surface area contributed by atoms with E-state index >= 15 is 0 Å². The first-order valence-electron chi connectivity index (χ1n) is 6.71. The quantitative estimate of drug-likeness (QED) is 0.516. The van der Waals surface area contributed by atoms with Crippen LogP contribution in [0.25, 0.3) is 0 Å². The van der Waals surface area contributed by atoms with Gasteiger partial charge in [0, 0.05) is 31.8 Å². The number of nitrogens with one attached hydrogen (secondary N) is 1. The number of esters is 2. The summed E-state index contributed by atoms with van der Waals surface area (Å²) in [6, 6.07) is 2.91. The van der Waals surface area contributed by atoms with Gasteiger partial charge in [-0.2, -0.15) is 13.2 Å². The number of carbonyl (C=O) groups is 2. The lowest BCUT2D eigenvalue weighted by molar-refractivity contribution is -0.222. The molecule has 1 N–H and O–H groups in total. The number of carbonyl (C=O) groups excluding carboxylic acids is 2. The number of halogens is 3. The maximum absolute atomic E-state index is 12.8. The molecule has 6 nitrogen and oxygen atoms in total. The highest BCUT2D eigenvalue weighted by Crippen LogP contribution is 2.34. The summed E-state index contributed by atoms with van der Waals surface area (Å²) < 4.78 is 53.1. The summed E-state index contributed by atoms with van der Waals surface area (Å²) in [6.07, 6.45) is -3.65. The summed E-state index contributed by atoms with van der Waals surface area (Å²) in [7, 11) is 1.22. The molecule has 1 saturated heterocycles. The molecule has 24 heavy (non-hydrogen) atoms. The summed E-state index contributed by atoms with van der Waals surface area (Å²) in [5.74, 6) is -3.32. The molecule has 0 radical (unpaired) electrons. The Balaban J connectivity index is 2.28. The molecule has 1 aliphatic rings. The Kier molecular flexibility index (Phi) is 4.46. The van der Waals surface area contributed by atoms with Crippen molar-refractivity contribution in [2.45, 2.75) is 25.8 Å². The number of alkyl halides is 3. The van der Waals surface area contributed by atoms with Gasteiger partial charge in [-0.25, -0.2) is 9.59 Å². The standard InChI is InChI=1S/C15H14F3NO5/c1-14(2)23-12(20)11(13(21)24-14)7-19-9-4-8(15(16,17)18)5-10(6-9)22-3/h4-7,19H,1-3H3. The predicted octanol–water partition coefficient (Wildman–Crippen LogP) is 2.85. The van der Waals surface area contributed by atoms with Crippen molar-refractivity contribution in [2.75, 3.05) is 12.4 Å². The van der Waals surface area contributed by atoms with Crippen molar-refractivity contribution in [2.24, 2.45) is 0 Å². The largest absolute Gasteiger partial charge is 0.497 e. The molecule has 0 spiro atoms. The van der Waals surface area contributed by atoms with Gasteiger partial charge in [0.05, 0.1) is 12.7 Å². The number of anilines is 1. The lowest BCUT2D eigenvalue weighted by Crippen LogP contribution is -2.42. The van der Waals surface area contributed by atoms with Gasteiger partial charge in [-0.15, -0.1) is 0 Å². The molecular weight excluding hydrogens is 331 g/mol. The van der Waals surface area contributed by atoms with Crippen LogP contribution in [0.1, 0.15) is 19.4 Å². The Morgan fingerprint density at radius 2 is 1.71 bits per heavy atom. The molecule has 1 aromatic carbocycles. The van der Waals surface area contributed by atoms with Crippen LogP contribution >= 0.6 is 0 Å². The Morgan fingerprint density at radius 3 is 2.21 bits per heavy atom. The minimum atomic E-state index is -4.58. The van der Waals surface area contributed by atoms with Crippen LogP contribution in [0.3, 0.4) is 0 Å². The average molecular weight is 345 g/mol. The Labute approximate surface area is 135 Å². The average Bonchev–Trinajstić information content (AvgIpc) is 2.43. The number of hydrogen-bond acceptors (Lipinski definition) is 6. The van der Waals surface area contributed by atoms with Crippen LogP contribution < -0.4 is 10.1 Å². The van der Waals surface area contributed by atoms with E-state index in [1.54, 1.807) is 0 Å². The van der Waals surface area contributed by atoms with Gasteiger partial charge in [-0.1, -0.05) is 0 Å². The van der Waals surface area contributed by atoms with Gasteiger partial charge in [0.25, 0.3) is 5.79 Å². The second-order valence-electron chi connectivity index (χ2n) is 5.33. The van der Waals surface area contributed by atoms with Gasteiger partial charge < -0.3 is 19.5 Å². The van der Waals surface area contributed by atoms with Crippen LogP contribution in [0.15, 0.2) is 30.0 Å². The van der Waals surface area contributed by atoms with E-state index in [1.165, 1.54) is 27.0 Å². The van der Waals surface area contributed by atoms with Gasteiger partial charge in [0.2, 0.25) is 0 Å². The van der Waals surface area contributed by atoms with Crippen molar-refractivity contribution in [3.63, 3.8) is 0 Å². The molecule has 0 atom stereocenters. The monoisotopic (exact) mass is 345 g/mol. The minimum absolute atomic E-state index is 0.0281. The van der Waals surface area contributed by atoms with Crippen LogP contribution in [0.2, 0.25) is 0 Å². The van der Waals surface area contributed by atoms with Crippen LogP contribution in [-0.2, 0) is 25.2 Å². The molecule has 2 rings (SSSR count). The van der Waals surface area contributed by atoms with Gasteiger partial charge in [-0.05, 0) is 12.1 Å². The maximum Gasteiger partial charge on any atom is 0.416 e. The predicted molar refractivity (Wildman–Crippen MR) is 76.0 cm³/mol. The second kappa shape index (κ2) is 6.06. The van der Waals surface area contributed by atoms with E-state index < -0.39 is 35.0 Å². The molecule has 0 aliphatic carbocycles. The number of methoxy groups -OCH3 is 1. The molecule has 130 valence electrons. The van der Waals surface area contributed by atoms with Crippen LogP contribution in [0.4, 0.5) is 18.9 Å². The van der Waals surface area contributed by atoms with Gasteiger partial charge in [-0.3, -0.25) is 0 Å². The summed E-state index contributed by atoms with van der Waals surface area (Å²) in [5, 5.41) is 2.45. The smallest absolute Gasteiger partial charge is 0.416 e. The van der Waals surface area contributed by atoms with Crippen LogP contribution in [0.5, 0.6) is 5.75 Å². The zero-order valence-electron chi connectivity index (χ0n) is 13.0. The minimum Gasteiger partial charge on any atom is -0.497 e. The number of cyclic esters (lactones) is 2. The van der Waals surface area contributed by atoms with Gasteiger partial charge in [0.1, 0.15) is 5.75 Å². The Bertz CT molecular complexity index is 688. The fourth-order valence-corrected chi connectivity index (χ4v) is 1.90. The molecular formula is C15H14F3NO5. The van der Waals surface area contributed by atoms with E-state index in [0.717, 1.165) is 18.3 Å². The first kappa shape index (κ1) is 17.6. The molecule has 1 aromatic rings. The molecule has 1 aliphatic heterocycles. The van der Waals surface area contributed by atoms with Crippen molar-refractivity contribution in [1.29, 1.82) is 0 Å². The number of ether oxygens (including phenoxy) is 3. The number of hydrogen-bond donors (Lipinski definition) is 1. The van der Waals surface area contributed by atoms with Crippen molar-refractivity contribution >= 4 is 17.6 Å². The van der Waals surface area contributed by atoms with E-state index in [2.05, 4.69) is 5.32 Å². The number of benzene rings is 1. The van der Waals surface area contributed by atoms with E-state index in [1.807, 2.05) is 0 Å². The lowest BCUT2D eigenvalue weighted by atomic mass is 10.1. The van der Waals surface area contributed by atoms with E-state index in [4.69, 9.17) is 14.2 Å². The van der Waals surface area contributed by atoms with Crippen molar-refractivity contribution < 1.29 is 37.0 Å². The third kappa shape index (κ3) is 3.98. The third-order valence-electron chi connectivity index (χ3n) is 2.97. The molecule has 1 heterocycles. The molecule has 0 saturated carbocycles. The van der Waals surface area contributed by atoms with E-state index in [-0.39, 0.29) is 11.4 Å². The first-order chi connectivity index (χ1) is 11.0. The van der Waals surface area contributed by atoms with Crippen LogP contribution in [-0.4, -0.2) is 24.8 Å². The van der Waals surface area contributed by atoms with Crippen molar-refractivity contribution in [3.05, 3.63) is 35.5 Å². The molecule has 1 fully saturated rings. The highest BCUT2D eigenvalue weighted by Gasteiger charge is 2.39. The normalized spacial score (nSPS) is 17.0. The molecule has 0 amide bonds. The summed E-state index contributed by atoms with van der Waals surface area (Å²) in [5.41, 5.74) is -1.44. The fraction of sp³-hybridized carbons (Fsp3) is 0.333. The fourth-order valence-electron chi connectivity index (χ4n) is 1.90. The third-order valence-corrected chi connectivity index (χ3v) is 2.97. The lowest BCUT2D eigenvalue weighted by Gasteiger charge is -2.29. The summed E-state index contributed by atoms with van der Waals surface area (Å²) in [4.78, 5) is 23.5. The molecule has 0 aromatic heterocycles. The Morgan fingerprint density at radius 1 is 1.12 bits per heavy atom. The van der Waals surface area contributed by atoms with Gasteiger partial charge in [0.15, 0.2) is 5.57 Å². The topological polar surface area (TPSA) is 73.9 Å². The summed E-state index contributed by atoms with van der Waals surface area (Å²) >= 11 is 0. The van der Waals surface area contributed by atoms with E-state index in [9.17, 15) is 22.8 Å². The maximum atomic E-state index is 12.8. The zero-order chi connectivity index (χ0) is 18.1. The first-order valence-corrected chi connectivity index (χ1v) is 6.71. The SMILES string of the molecule is COc1cc(NC=C2C(=O)OC(C)(C)OC2=O)cc(C(F)(F)F)c1. The van der Waals surface area contributed by atoms with E-state index in [0.29, 0.717) is 0 Å². The second-order valence-corrected chi connectivity index (χ2v) is 5.33. The van der Waals surface area contributed by atoms with Gasteiger partial charge >= 0.3 is 18.1 Å². The molecule has 0 unspecified atom stereocenters.